The van der Waals surface area contributed by atoms with Gasteiger partial charge in [0.1, 0.15) is 5.82 Å². The second-order valence-corrected chi connectivity index (χ2v) is 9.10. The molecule has 152 valence electrons. The van der Waals surface area contributed by atoms with E-state index >= 15 is 0 Å². The van der Waals surface area contributed by atoms with Crippen LogP contribution in [0.5, 0.6) is 0 Å². The minimum absolute atomic E-state index is 0.0354. The van der Waals surface area contributed by atoms with E-state index in [0.717, 1.165) is 31.5 Å². The number of piperazine rings is 1. The Balaban J connectivity index is 1.61. The molecule has 0 radical (unpaired) electrons. The fourth-order valence-electron chi connectivity index (χ4n) is 3.28. The summed E-state index contributed by atoms with van der Waals surface area (Å²) in [7, 11) is -3.45. The Kier molecular flexibility index (Phi) is 6.19. The second kappa shape index (κ2) is 8.10. The van der Waals surface area contributed by atoms with E-state index in [2.05, 4.69) is 4.98 Å². The SMILES string of the molecule is O=S(=O)(CC1CCCCO1)N1CCN(c2ncc(C(F)(F)F)cc2Cl)CC1. The van der Waals surface area contributed by atoms with E-state index in [9.17, 15) is 21.6 Å². The van der Waals surface area contributed by atoms with Crippen LogP contribution in [0.3, 0.4) is 0 Å². The van der Waals surface area contributed by atoms with Gasteiger partial charge in [0.25, 0.3) is 0 Å². The topological polar surface area (TPSA) is 62.7 Å². The summed E-state index contributed by atoms with van der Waals surface area (Å²) in [4.78, 5) is 5.54. The van der Waals surface area contributed by atoms with Gasteiger partial charge >= 0.3 is 6.18 Å². The number of anilines is 1. The molecule has 1 unspecified atom stereocenters. The van der Waals surface area contributed by atoms with Crippen LogP contribution >= 0.6 is 11.6 Å². The summed E-state index contributed by atoms with van der Waals surface area (Å²) in [5, 5.41) is -0.100. The van der Waals surface area contributed by atoms with Crippen molar-refractivity contribution in [3.05, 3.63) is 22.8 Å². The highest BCUT2D eigenvalue weighted by Crippen LogP contribution is 2.33. The summed E-state index contributed by atoms with van der Waals surface area (Å²) in [6, 6.07) is 0.841. The fraction of sp³-hybridized carbons (Fsp3) is 0.688. The van der Waals surface area contributed by atoms with Crippen LogP contribution in [0.4, 0.5) is 19.0 Å². The molecule has 2 aliphatic heterocycles. The molecule has 0 spiro atoms. The van der Waals surface area contributed by atoms with Gasteiger partial charge in [0.2, 0.25) is 10.0 Å². The Morgan fingerprint density at radius 1 is 1.22 bits per heavy atom. The highest BCUT2D eigenvalue weighted by atomic mass is 35.5. The number of halogens is 4. The first-order valence-electron chi connectivity index (χ1n) is 8.74. The molecule has 0 amide bonds. The summed E-state index contributed by atoms with van der Waals surface area (Å²) < 4.78 is 70.2. The van der Waals surface area contributed by atoms with E-state index in [1.165, 1.54) is 4.31 Å². The zero-order chi connectivity index (χ0) is 19.7. The van der Waals surface area contributed by atoms with Crippen molar-refractivity contribution in [2.45, 2.75) is 31.5 Å². The molecule has 0 N–H and O–H groups in total. The molecule has 1 aromatic rings. The molecule has 0 bridgehead atoms. The maximum atomic E-state index is 12.7. The lowest BCUT2D eigenvalue weighted by molar-refractivity contribution is -0.137. The second-order valence-electron chi connectivity index (χ2n) is 6.68. The molecule has 1 aromatic heterocycles. The fourth-order valence-corrected chi connectivity index (χ4v) is 5.22. The first kappa shape index (κ1) is 20.6. The molecule has 2 saturated heterocycles. The van der Waals surface area contributed by atoms with Gasteiger partial charge in [-0.3, -0.25) is 0 Å². The molecular formula is C16H21ClF3N3O3S. The number of ether oxygens (including phenoxy) is 1. The third-order valence-electron chi connectivity index (χ3n) is 4.75. The Morgan fingerprint density at radius 3 is 2.48 bits per heavy atom. The summed E-state index contributed by atoms with van der Waals surface area (Å²) in [6.07, 6.45) is -1.38. The van der Waals surface area contributed by atoms with Gasteiger partial charge < -0.3 is 9.64 Å². The van der Waals surface area contributed by atoms with E-state index in [-0.39, 0.29) is 35.8 Å². The van der Waals surface area contributed by atoms with Crippen LogP contribution in [0.2, 0.25) is 5.02 Å². The lowest BCUT2D eigenvalue weighted by atomic mass is 10.1. The van der Waals surface area contributed by atoms with Gasteiger partial charge in [0, 0.05) is 39.0 Å². The minimum Gasteiger partial charge on any atom is -0.377 e. The van der Waals surface area contributed by atoms with Gasteiger partial charge in [-0.2, -0.15) is 17.5 Å². The molecule has 11 heteroatoms. The molecule has 27 heavy (non-hydrogen) atoms. The normalized spacial score (nSPS) is 22.8. The molecule has 0 aliphatic carbocycles. The molecule has 2 aliphatic rings. The van der Waals surface area contributed by atoms with E-state index in [0.29, 0.717) is 19.7 Å². The van der Waals surface area contributed by atoms with Gasteiger partial charge in [0.15, 0.2) is 0 Å². The van der Waals surface area contributed by atoms with Crippen LogP contribution in [0.15, 0.2) is 12.3 Å². The van der Waals surface area contributed by atoms with Crippen molar-refractivity contribution in [2.75, 3.05) is 43.4 Å². The van der Waals surface area contributed by atoms with Crippen molar-refractivity contribution in [1.82, 2.24) is 9.29 Å². The highest BCUT2D eigenvalue weighted by Gasteiger charge is 2.34. The molecule has 3 rings (SSSR count). The number of nitrogens with zero attached hydrogens (tertiary/aromatic N) is 3. The van der Waals surface area contributed by atoms with Crippen LogP contribution < -0.4 is 4.90 Å². The monoisotopic (exact) mass is 427 g/mol. The highest BCUT2D eigenvalue weighted by molar-refractivity contribution is 7.89. The van der Waals surface area contributed by atoms with Gasteiger partial charge in [-0.1, -0.05) is 11.6 Å². The van der Waals surface area contributed by atoms with Crippen molar-refractivity contribution < 1.29 is 26.3 Å². The molecular weight excluding hydrogens is 407 g/mol. The van der Waals surface area contributed by atoms with E-state index in [1.807, 2.05) is 0 Å². The molecule has 0 aromatic carbocycles. The number of sulfonamides is 1. The predicted molar refractivity (Wildman–Crippen MR) is 95.4 cm³/mol. The Labute approximate surface area is 161 Å². The van der Waals surface area contributed by atoms with Crippen LogP contribution in [-0.2, 0) is 20.9 Å². The van der Waals surface area contributed by atoms with Gasteiger partial charge in [0.05, 0.1) is 22.4 Å². The number of alkyl halides is 3. The van der Waals surface area contributed by atoms with Gasteiger partial charge in [-0.15, -0.1) is 0 Å². The van der Waals surface area contributed by atoms with Crippen molar-refractivity contribution in [3.63, 3.8) is 0 Å². The first-order valence-corrected chi connectivity index (χ1v) is 10.7. The Bertz CT molecular complexity index is 762. The maximum absolute atomic E-state index is 12.7. The standard InChI is InChI=1S/C16H21ClF3N3O3S/c17-14-9-12(16(18,19)20)10-21-15(14)22-4-6-23(7-5-22)27(24,25)11-13-3-1-2-8-26-13/h9-10,13H,1-8,11H2. The summed E-state index contributed by atoms with van der Waals surface area (Å²) in [6.45, 7) is 1.67. The zero-order valence-corrected chi connectivity index (χ0v) is 16.2. The van der Waals surface area contributed by atoms with Crippen molar-refractivity contribution >= 4 is 27.4 Å². The number of pyridine rings is 1. The average molecular weight is 428 g/mol. The number of rotatable bonds is 4. The maximum Gasteiger partial charge on any atom is 0.417 e. The van der Waals surface area contributed by atoms with Crippen molar-refractivity contribution in [1.29, 1.82) is 0 Å². The third-order valence-corrected chi connectivity index (χ3v) is 6.97. The first-order chi connectivity index (χ1) is 12.7. The molecule has 1 atom stereocenters. The lowest BCUT2D eigenvalue weighted by Crippen LogP contribution is -2.50. The molecule has 0 saturated carbocycles. The summed E-state index contributed by atoms with van der Waals surface area (Å²) in [5.41, 5.74) is -0.912. The summed E-state index contributed by atoms with van der Waals surface area (Å²) >= 11 is 5.97. The Morgan fingerprint density at radius 2 is 1.93 bits per heavy atom. The van der Waals surface area contributed by atoms with Crippen LogP contribution in [0.25, 0.3) is 0 Å². The van der Waals surface area contributed by atoms with Gasteiger partial charge in [-0.05, 0) is 25.3 Å². The zero-order valence-electron chi connectivity index (χ0n) is 14.6. The van der Waals surface area contributed by atoms with Crippen molar-refractivity contribution in [3.8, 4) is 0 Å². The number of aromatic nitrogens is 1. The van der Waals surface area contributed by atoms with E-state index in [1.54, 1.807) is 4.90 Å². The predicted octanol–water partition coefficient (Wildman–Crippen LogP) is 2.77. The third kappa shape index (κ3) is 5.04. The molecule has 6 nitrogen and oxygen atoms in total. The van der Waals surface area contributed by atoms with Crippen molar-refractivity contribution in [2.24, 2.45) is 0 Å². The van der Waals surface area contributed by atoms with E-state index < -0.39 is 21.8 Å². The molecule has 2 fully saturated rings. The quantitative estimate of drug-likeness (QED) is 0.739. The number of hydrogen-bond acceptors (Lipinski definition) is 5. The van der Waals surface area contributed by atoms with Gasteiger partial charge in [-0.25, -0.2) is 13.4 Å². The lowest BCUT2D eigenvalue weighted by Gasteiger charge is -2.36. The summed E-state index contributed by atoms with van der Waals surface area (Å²) in [5.74, 6) is 0.198. The average Bonchev–Trinajstić information content (AvgIpc) is 2.61. The smallest absolute Gasteiger partial charge is 0.377 e. The van der Waals surface area contributed by atoms with Crippen LogP contribution in [0.1, 0.15) is 24.8 Å². The minimum atomic E-state index is -4.51. The van der Waals surface area contributed by atoms with Crippen LogP contribution in [-0.4, -0.2) is 62.3 Å². The van der Waals surface area contributed by atoms with Crippen LogP contribution in [0, 0.1) is 0 Å². The Hall–Kier alpha value is -1.10. The number of hydrogen-bond donors (Lipinski definition) is 0. The largest absolute Gasteiger partial charge is 0.417 e. The molecule has 3 heterocycles. The van der Waals surface area contributed by atoms with E-state index in [4.69, 9.17) is 16.3 Å².